The molecule has 2 atom stereocenters. The topological polar surface area (TPSA) is 68.0 Å². The van der Waals surface area contributed by atoms with E-state index in [1.807, 2.05) is 39.0 Å². The Labute approximate surface area is 96.3 Å². The van der Waals surface area contributed by atoms with E-state index < -0.39 is 6.04 Å². The van der Waals surface area contributed by atoms with Gasteiger partial charge in [0.2, 0.25) is 5.91 Å². The number of nitrogens with two attached hydrogens (primary N) is 1. The van der Waals surface area contributed by atoms with Gasteiger partial charge in [0.1, 0.15) is 0 Å². The van der Waals surface area contributed by atoms with Crippen molar-refractivity contribution in [3.05, 3.63) is 30.1 Å². The first kappa shape index (κ1) is 12.6. The molecule has 0 saturated carbocycles. The van der Waals surface area contributed by atoms with E-state index in [9.17, 15) is 4.79 Å². The van der Waals surface area contributed by atoms with Crippen LogP contribution >= 0.6 is 0 Å². The maximum absolute atomic E-state index is 11.7. The predicted octanol–water partition coefficient (Wildman–Crippen LogP) is 1.24. The van der Waals surface area contributed by atoms with Crippen LogP contribution in [0.15, 0.2) is 24.4 Å². The highest BCUT2D eigenvalue weighted by Gasteiger charge is 2.19. The zero-order chi connectivity index (χ0) is 12.1. The molecule has 1 aromatic heterocycles. The first-order valence-corrected chi connectivity index (χ1v) is 5.49. The number of aromatic nitrogens is 1. The number of rotatable bonds is 4. The molecule has 1 amide bonds. The summed E-state index contributed by atoms with van der Waals surface area (Å²) < 4.78 is 0. The van der Waals surface area contributed by atoms with Gasteiger partial charge in [0.25, 0.3) is 0 Å². The largest absolute Gasteiger partial charge is 0.347 e. The highest BCUT2D eigenvalue weighted by Crippen LogP contribution is 2.09. The molecule has 0 radical (unpaired) electrons. The molecule has 1 aromatic rings. The van der Waals surface area contributed by atoms with Crippen molar-refractivity contribution in [1.29, 1.82) is 0 Å². The van der Waals surface area contributed by atoms with Crippen LogP contribution in [0.1, 0.15) is 32.5 Å². The summed E-state index contributed by atoms with van der Waals surface area (Å²) in [6, 6.07) is 5.04. The van der Waals surface area contributed by atoms with Gasteiger partial charge in [-0.2, -0.15) is 0 Å². The molecular weight excluding hydrogens is 202 g/mol. The second-order valence-electron chi connectivity index (χ2n) is 4.25. The Morgan fingerprint density at radius 2 is 2.06 bits per heavy atom. The fourth-order valence-electron chi connectivity index (χ4n) is 1.32. The third-order valence-electron chi connectivity index (χ3n) is 2.51. The van der Waals surface area contributed by atoms with Crippen LogP contribution in [-0.4, -0.2) is 16.9 Å². The average molecular weight is 221 g/mol. The fraction of sp³-hybridized carbons (Fsp3) is 0.500. The van der Waals surface area contributed by atoms with Crippen molar-refractivity contribution in [1.82, 2.24) is 10.3 Å². The van der Waals surface area contributed by atoms with E-state index in [0.29, 0.717) is 0 Å². The van der Waals surface area contributed by atoms with Gasteiger partial charge in [-0.3, -0.25) is 9.78 Å². The molecule has 0 spiro atoms. The van der Waals surface area contributed by atoms with Crippen molar-refractivity contribution < 1.29 is 4.79 Å². The van der Waals surface area contributed by atoms with Crippen LogP contribution in [0.25, 0.3) is 0 Å². The molecule has 0 fully saturated rings. The lowest BCUT2D eigenvalue weighted by Gasteiger charge is -2.19. The molecule has 88 valence electrons. The Morgan fingerprint density at radius 3 is 2.56 bits per heavy atom. The Kier molecular flexibility index (Phi) is 4.43. The van der Waals surface area contributed by atoms with Crippen LogP contribution < -0.4 is 11.1 Å². The molecule has 16 heavy (non-hydrogen) atoms. The highest BCUT2D eigenvalue weighted by molar-refractivity contribution is 5.82. The second-order valence-corrected chi connectivity index (χ2v) is 4.25. The van der Waals surface area contributed by atoms with Crippen molar-refractivity contribution in [3.8, 4) is 0 Å². The highest BCUT2D eigenvalue weighted by atomic mass is 16.2. The van der Waals surface area contributed by atoms with Gasteiger partial charge in [-0.15, -0.1) is 0 Å². The Hall–Kier alpha value is -1.42. The molecule has 0 saturated heterocycles. The number of hydrogen-bond donors (Lipinski definition) is 2. The minimum Gasteiger partial charge on any atom is -0.347 e. The summed E-state index contributed by atoms with van der Waals surface area (Å²) in [5.74, 6) is 0.00378. The lowest BCUT2D eigenvalue weighted by molar-refractivity contribution is -0.123. The molecule has 3 N–H and O–H groups in total. The van der Waals surface area contributed by atoms with E-state index in [1.165, 1.54) is 0 Å². The molecule has 1 rings (SSSR count). The van der Waals surface area contributed by atoms with Crippen LogP contribution in [0.5, 0.6) is 0 Å². The lowest BCUT2D eigenvalue weighted by Crippen LogP contribution is -2.44. The van der Waals surface area contributed by atoms with Gasteiger partial charge in [0, 0.05) is 6.20 Å². The van der Waals surface area contributed by atoms with Gasteiger partial charge in [0.15, 0.2) is 0 Å². The number of carbonyl (C=O) groups excluding carboxylic acids is 1. The van der Waals surface area contributed by atoms with Crippen LogP contribution in [0.2, 0.25) is 0 Å². The van der Waals surface area contributed by atoms with Gasteiger partial charge in [-0.05, 0) is 25.0 Å². The third kappa shape index (κ3) is 3.31. The second kappa shape index (κ2) is 5.61. The molecule has 0 unspecified atom stereocenters. The quantitative estimate of drug-likeness (QED) is 0.803. The summed E-state index contributed by atoms with van der Waals surface area (Å²) in [6.45, 7) is 5.75. The maximum Gasteiger partial charge on any atom is 0.237 e. The van der Waals surface area contributed by atoms with E-state index >= 15 is 0 Å². The molecule has 0 aromatic carbocycles. The van der Waals surface area contributed by atoms with Crippen molar-refractivity contribution in [2.75, 3.05) is 0 Å². The zero-order valence-corrected chi connectivity index (χ0v) is 9.97. The molecule has 4 nitrogen and oxygen atoms in total. The monoisotopic (exact) mass is 221 g/mol. The molecule has 0 aliphatic carbocycles. The van der Waals surface area contributed by atoms with Gasteiger partial charge < -0.3 is 11.1 Å². The number of nitrogens with zero attached hydrogens (tertiary/aromatic N) is 1. The fourth-order valence-corrected chi connectivity index (χ4v) is 1.32. The van der Waals surface area contributed by atoms with Crippen molar-refractivity contribution in [3.63, 3.8) is 0 Å². The van der Waals surface area contributed by atoms with E-state index in [2.05, 4.69) is 10.3 Å². The predicted molar refractivity (Wildman–Crippen MR) is 63.6 cm³/mol. The number of amides is 1. The maximum atomic E-state index is 11.7. The minimum atomic E-state index is -0.467. The smallest absolute Gasteiger partial charge is 0.237 e. The first-order valence-electron chi connectivity index (χ1n) is 5.49. The Morgan fingerprint density at radius 1 is 1.38 bits per heavy atom. The molecular formula is C12H19N3O. The van der Waals surface area contributed by atoms with Crippen LogP contribution in [-0.2, 0) is 4.79 Å². The molecule has 0 aliphatic rings. The van der Waals surface area contributed by atoms with Gasteiger partial charge >= 0.3 is 0 Å². The van der Waals surface area contributed by atoms with Crippen LogP contribution in [0.3, 0.4) is 0 Å². The summed E-state index contributed by atoms with van der Waals surface area (Å²) in [5.41, 5.74) is 6.59. The molecule has 4 heteroatoms. The van der Waals surface area contributed by atoms with Crippen molar-refractivity contribution in [2.24, 2.45) is 11.7 Å². The summed E-state index contributed by atoms with van der Waals surface area (Å²) in [6.07, 6.45) is 1.71. The van der Waals surface area contributed by atoms with E-state index in [1.54, 1.807) is 6.20 Å². The molecule has 1 heterocycles. The van der Waals surface area contributed by atoms with Gasteiger partial charge in [-0.25, -0.2) is 0 Å². The van der Waals surface area contributed by atoms with Crippen molar-refractivity contribution >= 4 is 5.91 Å². The summed E-state index contributed by atoms with van der Waals surface area (Å²) >= 11 is 0. The first-order chi connectivity index (χ1) is 7.52. The standard InChI is InChI=1S/C12H19N3O/c1-8(2)11(13)12(16)15-9(3)10-6-4-5-7-14-10/h4-9,11H,13H2,1-3H3,(H,15,16)/t9-,11-/m1/s1. The van der Waals surface area contributed by atoms with E-state index in [4.69, 9.17) is 5.73 Å². The normalized spacial score (nSPS) is 14.6. The number of pyridine rings is 1. The average Bonchev–Trinajstić information content (AvgIpc) is 2.28. The number of hydrogen-bond acceptors (Lipinski definition) is 3. The third-order valence-corrected chi connectivity index (χ3v) is 2.51. The summed E-state index contributed by atoms with van der Waals surface area (Å²) in [7, 11) is 0. The minimum absolute atomic E-state index is 0.113. The molecule has 0 aliphatic heterocycles. The lowest BCUT2D eigenvalue weighted by atomic mass is 10.0. The number of carbonyl (C=O) groups is 1. The summed E-state index contributed by atoms with van der Waals surface area (Å²) in [4.78, 5) is 15.9. The SMILES string of the molecule is CC(C)[C@@H](N)C(=O)N[C@H](C)c1ccccn1. The van der Waals surface area contributed by atoms with Gasteiger partial charge in [-0.1, -0.05) is 19.9 Å². The van der Waals surface area contributed by atoms with Crippen LogP contribution in [0, 0.1) is 5.92 Å². The van der Waals surface area contributed by atoms with E-state index in [-0.39, 0.29) is 17.9 Å². The Bertz CT molecular complexity index is 337. The Balaban J connectivity index is 2.58. The van der Waals surface area contributed by atoms with E-state index in [0.717, 1.165) is 5.69 Å². The number of nitrogens with one attached hydrogen (secondary N) is 1. The molecule has 0 bridgehead atoms. The van der Waals surface area contributed by atoms with Gasteiger partial charge in [0.05, 0.1) is 17.8 Å². The van der Waals surface area contributed by atoms with Crippen molar-refractivity contribution in [2.45, 2.75) is 32.9 Å². The zero-order valence-electron chi connectivity index (χ0n) is 9.97. The summed E-state index contributed by atoms with van der Waals surface area (Å²) in [5, 5.41) is 2.85. The van der Waals surface area contributed by atoms with Crippen LogP contribution in [0.4, 0.5) is 0 Å².